The first-order valence-electron chi connectivity index (χ1n) is 11.4. The van der Waals surface area contributed by atoms with E-state index in [0.29, 0.717) is 26.9 Å². The molecule has 2 aliphatic rings. The maximum atomic E-state index is 13.0. The summed E-state index contributed by atoms with van der Waals surface area (Å²) in [7, 11) is 0. The number of hydrogen-bond acceptors (Lipinski definition) is 5. The highest BCUT2D eigenvalue weighted by atomic mass is 35.5. The third kappa shape index (κ3) is 4.99. The Morgan fingerprint density at radius 1 is 1.00 bits per heavy atom. The molecule has 5 rings (SSSR count). The number of nitrogens with two attached hydrogens (primary N) is 1. The van der Waals surface area contributed by atoms with Crippen molar-refractivity contribution in [3.05, 3.63) is 75.9 Å². The largest absolute Gasteiger partial charge is 0.485 e. The lowest BCUT2D eigenvalue weighted by molar-refractivity contribution is 0.0627. The minimum atomic E-state index is 0.0815. The van der Waals surface area contributed by atoms with Crippen molar-refractivity contribution in [2.45, 2.75) is 25.5 Å². The fourth-order valence-corrected chi connectivity index (χ4v) is 4.77. The molecule has 1 aliphatic carbocycles. The van der Waals surface area contributed by atoms with Crippen LogP contribution in [0, 0.1) is 0 Å². The smallest absolute Gasteiger partial charge is 0.253 e. The summed E-state index contributed by atoms with van der Waals surface area (Å²) in [5.74, 6) is 0.810. The first-order valence-corrected chi connectivity index (χ1v) is 12.2. The molecular formula is C26H26Cl2N4O2. The molecule has 2 N–H and O–H groups in total. The molecule has 6 nitrogen and oxygen atoms in total. The van der Waals surface area contributed by atoms with Crippen molar-refractivity contribution in [2.24, 2.45) is 0 Å². The molecule has 34 heavy (non-hydrogen) atoms. The van der Waals surface area contributed by atoms with Crippen LogP contribution in [0.15, 0.2) is 54.7 Å². The van der Waals surface area contributed by atoms with Crippen molar-refractivity contribution >= 4 is 34.9 Å². The molecule has 3 aromatic rings. The second kappa shape index (κ2) is 9.82. The van der Waals surface area contributed by atoms with Crippen molar-refractivity contribution in [3.63, 3.8) is 0 Å². The monoisotopic (exact) mass is 496 g/mol. The second-order valence-electron chi connectivity index (χ2n) is 8.73. The average Bonchev–Trinajstić information content (AvgIpc) is 3.70. The Morgan fingerprint density at radius 3 is 2.32 bits per heavy atom. The Labute approximate surface area is 209 Å². The Hall–Kier alpha value is -2.80. The lowest BCUT2D eigenvalue weighted by Gasteiger charge is -2.34. The molecule has 1 saturated carbocycles. The van der Waals surface area contributed by atoms with Gasteiger partial charge >= 0.3 is 0 Å². The number of amides is 1. The van der Waals surface area contributed by atoms with Gasteiger partial charge in [0, 0.05) is 65.2 Å². The number of halogens is 2. The van der Waals surface area contributed by atoms with Gasteiger partial charge in [-0.3, -0.25) is 9.69 Å². The molecule has 1 saturated heterocycles. The van der Waals surface area contributed by atoms with Crippen LogP contribution in [0.3, 0.4) is 0 Å². The van der Waals surface area contributed by atoms with E-state index in [1.807, 2.05) is 35.2 Å². The maximum absolute atomic E-state index is 13.0. The van der Waals surface area contributed by atoms with E-state index in [2.05, 4.69) is 9.88 Å². The highest BCUT2D eigenvalue weighted by Crippen LogP contribution is 2.31. The van der Waals surface area contributed by atoms with Gasteiger partial charge in [0.1, 0.15) is 6.61 Å². The molecule has 176 valence electrons. The Bertz CT molecular complexity index is 1170. The zero-order valence-corrected chi connectivity index (χ0v) is 20.2. The van der Waals surface area contributed by atoms with Crippen molar-refractivity contribution in [1.29, 1.82) is 0 Å². The summed E-state index contributed by atoms with van der Waals surface area (Å²) in [4.78, 5) is 21.7. The fourth-order valence-electron chi connectivity index (χ4n) is 4.27. The highest BCUT2D eigenvalue weighted by molar-refractivity contribution is 6.35. The molecule has 1 aliphatic heterocycles. The lowest BCUT2D eigenvalue weighted by atomic mass is 10.0. The molecule has 1 aromatic heterocycles. The number of nitrogens with zero attached hydrogens (tertiary/aromatic N) is 3. The van der Waals surface area contributed by atoms with Crippen LogP contribution in [0.5, 0.6) is 5.75 Å². The normalized spacial score (nSPS) is 16.5. The molecule has 1 amide bonds. The van der Waals surface area contributed by atoms with Crippen LogP contribution >= 0.6 is 23.2 Å². The van der Waals surface area contributed by atoms with E-state index in [1.54, 1.807) is 24.4 Å². The predicted octanol–water partition coefficient (Wildman–Crippen LogP) is 5.14. The van der Waals surface area contributed by atoms with Gasteiger partial charge in [-0.15, -0.1) is 0 Å². The van der Waals surface area contributed by atoms with Crippen LogP contribution in [0.1, 0.15) is 28.8 Å². The number of nitrogen functional groups attached to an aromatic ring is 1. The Morgan fingerprint density at radius 2 is 1.68 bits per heavy atom. The van der Waals surface area contributed by atoms with Crippen molar-refractivity contribution < 1.29 is 9.53 Å². The number of aromatic nitrogens is 1. The predicted molar refractivity (Wildman–Crippen MR) is 135 cm³/mol. The number of piperazine rings is 1. The van der Waals surface area contributed by atoms with Crippen LogP contribution in [0.2, 0.25) is 10.0 Å². The number of rotatable bonds is 6. The van der Waals surface area contributed by atoms with Crippen LogP contribution in [0.4, 0.5) is 5.82 Å². The van der Waals surface area contributed by atoms with Gasteiger partial charge in [-0.25, -0.2) is 4.98 Å². The standard InChI is InChI=1S/C26H26Cl2N4O2/c27-22-2-1-3-23(28)21(22)16-34-24-14-19(15-30-25(24)29)17-4-6-18(7-5-17)26(33)32-12-10-31(11-13-32)20-8-9-20/h1-7,14-15,20H,8-13,16H2,(H2,29,30). The summed E-state index contributed by atoms with van der Waals surface area (Å²) in [6.45, 7) is 3.68. The van der Waals surface area contributed by atoms with E-state index in [0.717, 1.165) is 43.3 Å². The minimum absolute atomic E-state index is 0.0815. The number of hydrogen-bond donors (Lipinski definition) is 1. The van der Waals surface area contributed by atoms with Crippen LogP contribution in [-0.4, -0.2) is 52.9 Å². The first kappa shape index (κ1) is 23.0. The summed E-state index contributed by atoms with van der Waals surface area (Å²) in [5, 5.41) is 1.06. The van der Waals surface area contributed by atoms with Gasteiger partial charge in [-0.2, -0.15) is 0 Å². The SMILES string of the molecule is Nc1ncc(-c2ccc(C(=O)N3CCN(C4CC4)CC3)cc2)cc1OCc1c(Cl)cccc1Cl. The number of carbonyl (C=O) groups is 1. The van der Waals surface area contributed by atoms with Gasteiger partial charge in [0.15, 0.2) is 11.6 Å². The van der Waals surface area contributed by atoms with E-state index < -0.39 is 0 Å². The summed E-state index contributed by atoms with van der Waals surface area (Å²) < 4.78 is 5.90. The maximum Gasteiger partial charge on any atom is 0.253 e. The van der Waals surface area contributed by atoms with Crippen LogP contribution < -0.4 is 10.5 Å². The summed E-state index contributed by atoms with van der Waals surface area (Å²) in [6.07, 6.45) is 4.30. The van der Waals surface area contributed by atoms with Crippen LogP contribution in [-0.2, 0) is 6.61 Å². The van der Waals surface area contributed by atoms with Gasteiger partial charge < -0.3 is 15.4 Å². The second-order valence-corrected chi connectivity index (χ2v) is 9.55. The number of benzene rings is 2. The van der Waals surface area contributed by atoms with E-state index in [1.165, 1.54) is 12.8 Å². The third-order valence-electron chi connectivity index (χ3n) is 6.45. The molecular weight excluding hydrogens is 471 g/mol. The summed E-state index contributed by atoms with van der Waals surface area (Å²) in [6, 6.07) is 15.5. The molecule has 2 fully saturated rings. The van der Waals surface area contributed by atoms with E-state index in [-0.39, 0.29) is 18.3 Å². The van der Waals surface area contributed by atoms with E-state index in [4.69, 9.17) is 33.7 Å². The van der Waals surface area contributed by atoms with Crippen molar-refractivity contribution in [2.75, 3.05) is 31.9 Å². The van der Waals surface area contributed by atoms with E-state index >= 15 is 0 Å². The minimum Gasteiger partial charge on any atom is -0.485 e. The van der Waals surface area contributed by atoms with E-state index in [9.17, 15) is 4.79 Å². The topological polar surface area (TPSA) is 71.7 Å². The number of pyridine rings is 1. The van der Waals surface area contributed by atoms with Crippen molar-refractivity contribution in [3.8, 4) is 16.9 Å². The first-order chi connectivity index (χ1) is 16.5. The molecule has 0 unspecified atom stereocenters. The van der Waals surface area contributed by atoms with Gasteiger partial charge in [0.2, 0.25) is 0 Å². The zero-order chi connectivity index (χ0) is 23.7. The van der Waals surface area contributed by atoms with Gasteiger partial charge in [-0.1, -0.05) is 41.4 Å². The summed E-state index contributed by atoms with van der Waals surface area (Å²) >= 11 is 12.5. The van der Waals surface area contributed by atoms with Crippen LogP contribution in [0.25, 0.3) is 11.1 Å². The number of anilines is 1. The lowest BCUT2D eigenvalue weighted by Crippen LogP contribution is -2.49. The highest BCUT2D eigenvalue weighted by Gasteiger charge is 2.32. The molecule has 0 atom stereocenters. The molecule has 0 bridgehead atoms. The fraction of sp³-hybridized carbons (Fsp3) is 0.308. The average molecular weight is 497 g/mol. The molecule has 2 aromatic carbocycles. The van der Waals surface area contributed by atoms with Gasteiger partial charge in [0.05, 0.1) is 0 Å². The third-order valence-corrected chi connectivity index (χ3v) is 7.15. The van der Waals surface area contributed by atoms with Gasteiger partial charge in [-0.05, 0) is 48.7 Å². The molecule has 8 heteroatoms. The number of carbonyl (C=O) groups excluding carboxylic acids is 1. The molecule has 2 heterocycles. The summed E-state index contributed by atoms with van der Waals surface area (Å²) in [5.41, 5.74) is 9.17. The van der Waals surface area contributed by atoms with Gasteiger partial charge in [0.25, 0.3) is 5.91 Å². The quantitative estimate of drug-likeness (QED) is 0.511. The zero-order valence-electron chi connectivity index (χ0n) is 18.7. The number of ether oxygens (including phenoxy) is 1. The molecule has 0 spiro atoms. The van der Waals surface area contributed by atoms with Crippen molar-refractivity contribution in [1.82, 2.24) is 14.8 Å². The molecule has 0 radical (unpaired) electrons. The Kier molecular flexibility index (Phi) is 6.63. The Balaban J connectivity index is 1.26.